The molecule has 1 heterocycles. The van der Waals surface area contributed by atoms with Gasteiger partial charge in [-0.3, -0.25) is 4.79 Å². The quantitative estimate of drug-likeness (QED) is 0.703. The SMILES string of the molecule is O=C1NC2(CCCCC2)O[C@H]2CCCCC[C@H]12. The highest BCUT2D eigenvalue weighted by Gasteiger charge is 2.46. The van der Waals surface area contributed by atoms with E-state index in [-0.39, 0.29) is 23.7 Å². The van der Waals surface area contributed by atoms with Gasteiger partial charge in [0.15, 0.2) is 0 Å². The minimum atomic E-state index is -0.291. The van der Waals surface area contributed by atoms with Crippen molar-refractivity contribution in [2.75, 3.05) is 0 Å². The van der Waals surface area contributed by atoms with Crippen LogP contribution in [-0.2, 0) is 9.53 Å². The van der Waals surface area contributed by atoms with E-state index in [1.165, 1.54) is 38.5 Å². The summed E-state index contributed by atoms with van der Waals surface area (Å²) in [6.45, 7) is 0. The summed E-state index contributed by atoms with van der Waals surface area (Å²) >= 11 is 0. The molecular weight excluding hydrogens is 214 g/mol. The van der Waals surface area contributed by atoms with Crippen LogP contribution in [0.25, 0.3) is 0 Å². The van der Waals surface area contributed by atoms with Crippen molar-refractivity contribution in [2.24, 2.45) is 5.92 Å². The third-order valence-electron chi connectivity index (χ3n) is 4.68. The maximum absolute atomic E-state index is 12.3. The standard InChI is InChI=1S/C14H23NO2/c16-13-11-7-3-1-4-8-12(11)17-14(15-13)9-5-2-6-10-14/h11-12H,1-10H2,(H,15,16)/t11-,12-/m0/s1. The van der Waals surface area contributed by atoms with Gasteiger partial charge in [0.05, 0.1) is 12.0 Å². The first-order valence-corrected chi connectivity index (χ1v) is 7.29. The molecule has 3 fully saturated rings. The molecule has 2 atom stereocenters. The van der Waals surface area contributed by atoms with Crippen molar-refractivity contribution in [3.8, 4) is 0 Å². The van der Waals surface area contributed by atoms with E-state index in [4.69, 9.17) is 4.74 Å². The van der Waals surface area contributed by atoms with Crippen molar-refractivity contribution in [3.63, 3.8) is 0 Å². The third kappa shape index (κ3) is 2.22. The van der Waals surface area contributed by atoms with Gasteiger partial charge in [-0.1, -0.05) is 25.7 Å². The monoisotopic (exact) mass is 237 g/mol. The van der Waals surface area contributed by atoms with Crippen LogP contribution >= 0.6 is 0 Å². The molecule has 1 N–H and O–H groups in total. The van der Waals surface area contributed by atoms with E-state index in [1.54, 1.807) is 0 Å². The summed E-state index contributed by atoms with van der Waals surface area (Å²) in [5.74, 6) is 0.398. The van der Waals surface area contributed by atoms with Crippen LogP contribution in [0.15, 0.2) is 0 Å². The first kappa shape index (κ1) is 11.5. The number of hydrogen-bond acceptors (Lipinski definition) is 2. The normalized spacial score (nSPS) is 37.1. The van der Waals surface area contributed by atoms with Crippen molar-refractivity contribution in [1.29, 1.82) is 0 Å². The molecule has 2 aliphatic carbocycles. The fourth-order valence-corrected chi connectivity index (χ4v) is 3.72. The molecule has 0 bridgehead atoms. The highest BCUT2D eigenvalue weighted by molar-refractivity contribution is 5.80. The summed E-state index contributed by atoms with van der Waals surface area (Å²) in [4.78, 5) is 12.3. The Morgan fingerprint density at radius 3 is 2.53 bits per heavy atom. The first-order chi connectivity index (χ1) is 8.29. The topological polar surface area (TPSA) is 38.3 Å². The van der Waals surface area contributed by atoms with Crippen molar-refractivity contribution >= 4 is 5.91 Å². The van der Waals surface area contributed by atoms with Crippen LogP contribution in [0.1, 0.15) is 64.2 Å². The highest BCUT2D eigenvalue weighted by Crippen LogP contribution is 2.38. The summed E-state index contributed by atoms with van der Waals surface area (Å²) in [6.07, 6.45) is 11.7. The van der Waals surface area contributed by atoms with E-state index >= 15 is 0 Å². The van der Waals surface area contributed by atoms with Crippen molar-refractivity contribution < 1.29 is 9.53 Å². The molecule has 1 amide bonds. The Balaban J connectivity index is 1.77. The predicted octanol–water partition coefficient (Wildman–Crippen LogP) is 2.74. The van der Waals surface area contributed by atoms with Gasteiger partial charge in [-0.2, -0.15) is 0 Å². The fraction of sp³-hybridized carbons (Fsp3) is 0.929. The number of carbonyl (C=O) groups is 1. The van der Waals surface area contributed by atoms with Crippen LogP contribution in [0.2, 0.25) is 0 Å². The largest absolute Gasteiger partial charge is 0.352 e. The first-order valence-electron chi connectivity index (χ1n) is 7.29. The predicted molar refractivity (Wildman–Crippen MR) is 65.4 cm³/mol. The van der Waals surface area contributed by atoms with Gasteiger partial charge in [0, 0.05) is 0 Å². The van der Waals surface area contributed by atoms with Gasteiger partial charge in [-0.15, -0.1) is 0 Å². The fourth-order valence-electron chi connectivity index (χ4n) is 3.72. The minimum Gasteiger partial charge on any atom is -0.352 e. The molecule has 0 radical (unpaired) electrons. The minimum absolute atomic E-state index is 0.130. The molecule has 3 heteroatoms. The van der Waals surface area contributed by atoms with Gasteiger partial charge in [0.25, 0.3) is 0 Å². The van der Waals surface area contributed by atoms with Gasteiger partial charge in [-0.05, 0) is 38.5 Å². The van der Waals surface area contributed by atoms with E-state index in [1.807, 2.05) is 0 Å². The van der Waals surface area contributed by atoms with Gasteiger partial charge < -0.3 is 10.1 Å². The van der Waals surface area contributed by atoms with Crippen LogP contribution in [0.3, 0.4) is 0 Å². The number of fused-ring (bicyclic) bond motifs is 1. The van der Waals surface area contributed by atoms with Crippen molar-refractivity contribution in [3.05, 3.63) is 0 Å². The lowest BCUT2D eigenvalue weighted by atomic mass is 9.86. The summed E-state index contributed by atoms with van der Waals surface area (Å²) in [5, 5.41) is 3.20. The maximum atomic E-state index is 12.3. The number of amides is 1. The van der Waals surface area contributed by atoms with Crippen LogP contribution in [-0.4, -0.2) is 17.7 Å². The van der Waals surface area contributed by atoms with Crippen LogP contribution < -0.4 is 5.32 Å². The van der Waals surface area contributed by atoms with E-state index in [2.05, 4.69) is 5.32 Å². The molecule has 1 saturated heterocycles. The number of ether oxygens (including phenoxy) is 1. The van der Waals surface area contributed by atoms with Gasteiger partial charge >= 0.3 is 0 Å². The van der Waals surface area contributed by atoms with E-state index in [0.29, 0.717) is 0 Å². The number of carbonyl (C=O) groups excluding carboxylic acids is 1. The lowest BCUT2D eigenvalue weighted by molar-refractivity contribution is -0.192. The highest BCUT2D eigenvalue weighted by atomic mass is 16.5. The van der Waals surface area contributed by atoms with E-state index in [9.17, 15) is 4.79 Å². The maximum Gasteiger partial charge on any atom is 0.227 e. The molecule has 96 valence electrons. The van der Waals surface area contributed by atoms with Crippen molar-refractivity contribution in [2.45, 2.75) is 76.0 Å². The zero-order chi connectivity index (χ0) is 11.7. The average molecular weight is 237 g/mol. The molecule has 17 heavy (non-hydrogen) atoms. The Morgan fingerprint density at radius 1 is 1.00 bits per heavy atom. The zero-order valence-corrected chi connectivity index (χ0v) is 10.5. The van der Waals surface area contributed by atoms with Gasteiger partial charge in [-0.25, -0.2) is 0 Å². The Labute approximate surface area is 103 Å². The van der Waals surface area contributed by atoms with E-state index < -0.39 is 0 Å². The number of rotatable bonds is 0. The number of nitrogens with one attached hydrogen (secondary N) is 1. The molecule has 0 aromatic heterocycles. The average Bonchev–Trinajstić information content (AvgIpc) is 2.55. The Kier molecular flexibility index (Phi) is 3.12. The second-order valence-electron chi connectivity index (χ2n) is 5.95. The zero-order valence-electron chi connectivity index (χ0n) is 10.5. The van der Waals surface area contributed by atoms with Gasteiger partial charge in [0.2, 0.25) is 5.91 Å². The summed E-state index contributed by atoms with van der Waals surface area (Å²) < 4.78 is 6.34. The summed E-state index contributed by atoms with van der Waals surface area (Å²) in [6, 6.07) is 0. The smallest absolute Gasteiger partial charge is 0.227 e. The molecule has 0 aromatic carbocycles. The third-order valence-corrected chi connectivity index (χ3v) is 4.68. The van der Waals surface area contributed by atoms with Crippen molar-refractivity contribution in [1.82, 2.24) is 5.32 Å². The molecule has 3 aliphatic rings. The molecule has 0 unspecified atom stereocenters. The molecule has 1 spiro atoms. The molecule has 2 saturated carbocycles. The summed E-state index contributed by atoms with van der Waals surface area (Å²) in [5.41, 5.74) is -0.291. The molecule has 1 aliphatic heterocycles. The second-order valence-corrected chi connectivity index (χ2v) is 5.95. The van der Waals surface area contributed by atoms with Gasteiger partial charge in [0.1, 0.15) is 5.72 Å². The molecule has 3 rings (SSSR count). The lowest BCUT2D eigenvalue weighted by Crippen LogP contribution is -2.61. The lowest BCUT2D eigenvalue weighted by Gasteiger charge is -2.46. The molecule has 3 nitrogen and oxygen atoms in total. The second kappa shape index (κ2) is 4.60. The molecular formula is C14H23NO2. The van der Waals surface area contributed by atoms with Crippen LogP contribution in [0, 0.1) is 5.92 Å². The van der Waals surface area contributed by atoms with Crippen LogP contribution in [0.4, 0.5) is 0 Å². The molecule has 0 aromatic rings. The van der Waals surface area contributed by atoms with E-state index in [0.717, 1.165) is 25.7 Å². The number of hydrogen-bond donors (Lipinski definition) is 1. The Hall–Kier alpha value is -0.570. The Morgan fingerprint density at radius 2 is 1.71 bits per heavy atom. The summed E-state index contributed by atoms with van der Waals surface area (Å²) in [7, 11) is 0. The Bertz CT molecular complexity index is 297. The van der Waals surface area contributed by atoms with Crippen LogP contribution in [0.5, 0.6) is 0 Å².